The molecular formula is C13H10F3NO2S. The van der Waals surface area contributed by atoms with E-state index in [1.165, 1.54) is 29.5 Å². The molecule has 1 aromatic heterocycles. The van der Waals surface area contributed by atoms with Crippen molar-refractivity contribution in [2.24, 2.45) is 0 Å². The van der Waals surface area contributed by atoms with Gasteiger partial charge in [0.25, 0.3) is 0 Å². The van der Waals surface area contributed by atoms with Crippen LogP contribution in [-0.2, 0) is 6.42 Å². The Bertz CT molecular complexity index is 622. The van der Waals surface area contributed by atoms with Gasteiger partial charge in [0.1, 0.15) is 5.75 Å². The molecule has 2 aromatic rings. The van der Waals surface area contributed by atoms with Crippen molar-refractivity contribution in [3.63, 3.8) is 0 Å². The lowest BCUT2D eigenvalue weighted by Gasteiger charge is -2.12. The number of carbonyl (C=O) groups is 1. The van der Waals surface area contributed by atoms with E-state index in [-0.39, 0.29) is 12.0 Å². The van der Waals surface area contributed by atoms with Crippen molar-refractivity contribution in [2.45, 2.75) is 19.7 Å². The molecule has 20 heavy (non-hydrogen) atoms. The van der Waals surface area contributed by atoms with Crippen LogP contribution in [0.15, 0.2) is 29.6 Å². The van der Waals surface area contributed by atoms with Gasteiger partial charge in [-0.3, -0.25) is 4.79 Å². The molecule has 0 saturated carbocycles. The van der Waals surface area contributed by atoms with E-state index < -0.39 is 17.9 Å². The van der Waals surface area contributed by atoms with Crippen molar-refractivity contribution in [3.05, 3.63) is 45.9 Å². The lowest BCUT2D eigenvalue weighted by Crippen LogP contribution is -2.19. The zero-order chi connectivity index (χ0) is 14.8. The average Bonchev–Trinajstić information content (AvgIpc) is 2.73. The van der Waals surface area contributed by atoms with Gasteiger partial charge in [-0.1, -0.05) is 12.1 Å². The van der Waals surface area contributed by atoms with Crippen LogP contribution in [0, 0.1) is 6.92 Å². The van der Waals surface area contributed by atoms with E-state index in [0.29, 0.717) is 5.69 Å². The summed E-state index contributed by atoms with van der Waals surface area (Å²) in [4.78, 5) is 16.2. The zero-order valence-electron chi connectivity index (χ0n) is 10.4. The van der Waals surface area contributed by atoms with Crippen LogP contribution in [0.1, 0.15) is 21.1 Å². The Kier molecular flexibility index (Phi) is 4.08. The maximum atomic E-state index is 12.3. The molecule has 0 aliphatic rings. The number of thiazole rings is 1. The van der Waals surface area contributed by atoms with Gasteiger partial charge in [-0.25, -0.2) is 4.98 Å². The van der Waals surface area contributed by atoms with Crippen LogP contribution < -0.4 is 4.74 Å². The van der Waals surface area contributed by atoms with Gasteiger partial charge in [0, 0.05) is 5.38 Å². The van der Waals surface area contributed by atoms with E-state index >= 15 is 0 Å². The van der Waals surface area contributed by atoms with E-state index in [9.17, 15) is 18.0 Å². The number of Topliss-reactive ketones (excluding diaryl/α,β-unsaturated/α-hetero) is 1. The summed E-state index contributed by atoms with van der Waals surface area (Å²) in [6.07, 6.45) is -4.88. The maximum absolute atomic E-state index is 12.3. The van der Waals surface area contributed by atoms with Crippen LogP contribution in [0.2, 0.25) is 0 Å². The number of aromatic nitrogens is 1. The molecule has 0 spiro atoms. The predicted molar refractivity (Wildman–Crippen MR) is 68.0 cm³/mol. The molecule has 0 aliphatic heterocycles. The molecular weight excluding hydrogens is 291 g/mol. The molecule has 0 N–H and O–H groups in total. The van der Waals surface area contributed by atoms with Gasteiger partial charge < -0.3 is 4.74 Å². The molecule has 1 aromatic carbocycles. The third-order valence-electron chi connectivity index (χ3n) is 2.42. The third-order valence-corrected chi connectivity index (χ3v) is 3.24. The summed E-state index contributed by atoms with van der Waals surface area (Å²) in [5.74, 6) is -0.952. The molecule has 1 heterocycles. The van der Waals surface area contributed by atoms with Crippen LogP contribution in [0.5, 0.6) is 5.75 Å². The van der Waals surface area contributed by atoms with Crippen molar-refractivity contribution >= 4 is 17.1 Å². The number of ketones is 1. The van der Waals surface area contributed by atoms with Gasteiger partial charge in [-0.2, -0.15) is 0 Å². The van der Waals surface area contributed by atoms with Crippen molar-refractivity contribution < 1.29 is 22.7 Å². The number of carbonyl (C=O) groups excluding carboxylic acids is 1. The number of ether oxygens (including phenoxy) is 1. The number of aryl methyl sites for hydroxylation is 1. The molecule has 0 fully saturated rings. The van der Waals surface area contributed by atoms with E-state index in [4.69, 9.17) is 0 Å². The molecule has 3 nitrogen and oxygen atoms in total. The standard InChI is InChI=1S/C13H10F3NO2S/c1-8-17-9(7-20-8)6-11(18)10-4-2-3-5-12(10)19-13(14,15)16/h2-5,7H,6H2,1H3. The first kappa shape index (κ1) is 14.5. The number of benzene rings is 1. The van der Waals surface area contributed by atoms with Crippen molar-refractivity contribution in [3.8, 4) is 5.75 Å². The molecule has 0 atom stereocenters. The van der Waals surface area contributed by atoms with Crippen LogP contribution >= 0.6 is 11.3 Å². The summed E-state index contributed by atoms with van der Waals surface area (Å²) < 4.78 is 40.7. The molecule has 0 amide bonds. The lowest BCUT2D eigenvalue weighted by molar-refractivity contribution is -0.274. The quantitative estimate of drug-likeness (QED) is 0.807. The third kappa shape index (κ3) is 3.80. The number of hydrogen-bond acceptors (Lipinski definition) is 4. The Labute approximate surface area is 117 Å². The van der Waals surface area contributed by atoms with Crippen molar-refractivity contribution in [1.82, 2.24) is 4.98 Å². The number of alkyl halides is 3. The number of nitrogens with zero attached hydrogens (tertiary/aromatic N) is 1. The van der Waals surface area contributed by atoms with E-state index in [2.05, 4.69) is 9.72 Å². The first-order chi connectivity index (χ1) is 9.35. The second kappa shape index (κ2) is 5.62. The van der Waals surface area contributed by atoms with Crippen molar-refractivity contribution in [2.75, 3.05) is 0 Å². The van der Waals surface area contributed by atoms with Crippen molar-refractivity contribution in [1.29, 1.82) is 0 Å². The Morgan fingerprint density at radius 1 is 1.35 bits per heavy atom. The summed E-state index contributed by atoms with van der Waals surface area (Å²) in [6, 6.07) is 5.29. The summed E-state index contributed by atoms with van der Waals surface area (Å²) in [7, 11) is 0. The highest BCUT2D eigenvalue weighted by Crippen LogP contribution is 2.27. The minimum Gasteiger partial charge on any atom is -0.405 e. The highest BCUT2D eigenvalue weighted by atomic mass is 32.1. The number of para-hydroxylation sites is 1. The van der Waals surface area contributed by atoms with Crippen LogP contribution in [-0.4, -0.2) is 17.1 Å². The average molecular weight is 301 g/mol. The Morgan fingerprint density at radius 3 is 2.65 bits per heavy atom. The lowest BCUT2D eigenvalue weighted by atomic mass is 10.1. The van der Waals surface area contributed by atoms with E-state index in [1.807, 2.05) is 0 Å². The smallest absolute Gasteiger partial charge is 0.405 e. The molecule has 106 valence electrons. The molecule has 0 aliphatic carbocycles. The minimum atomic E-state index is -4.83. The van der Waals surface area contributed by atoms with Gasteiger partial charge in [0.05, 0.1) is 22.7 Å². The van der Waals surface area contributed by atoms with Gasteiger partial charge in [0.15, 0.2) is 5.78 Å². The van der Waals surface area contributed by atoms with E-state index in [0.717, 1.165) is 11.1 Å². The number of hydrogen-bond donors (Lipinski definition) is 0. The predicted octanol–water partition coefficient (Wildman–Crippen LogP) is 3.78. The fourth-order valence-corrected chi connectivity index (χ4v) is 2.27. The van der Waals surface area contributed by atoms with Crippen LogP contribution in [0.3, 0.4) is 0 Å². The first-order valence-corrected chi connectivity index (χ1v) is 6.52. The number of halogens is 3. The molecule has 2 rings (SSSR count). The molecule has 0 radical (unpaired) electrons. The fraction of sp³-hybridized carbons (Fsp3) is 0.231. The molecule has 0 saturated heterocycles. The maximum Gasteiger partial charge on any atom is 0.573 e. The first-order valence-electron chi connectivity index (χ1n) is 5.64. The Balaban J connectivity index is 2.21. The summed E-state index contributed by atoms with van der Waals surface area (Å²) in [5, 5.41) is 2.51. The highest BCUT2D eigenvalue weighted by molar-refractivity contribution is 7.09. The highest BCUT2D eigenvalue weighted by Gasteiger charge is 2.32. The Morgan fingerprint density at radius 2 is 2.05 bits per heavy atom. The van der Waals surface area contributed by atoms with Gasteiger partial charge in [-0.05, 0) is 19.1 Å². The molecule has 7 heteroatoms. The van der Waals surface area contributed by atoms with Crippen LogP contribution in [0.25, 0.3) is 0 Å². The van der Waals surface area contributed by atoms with Crippen LogP contribution in [0.4, 0.5) is 13.2 Å². The summed E-state index contributed by atoms with van der Waals surface area (Å²) >= 11 is 1.38. The largest absolute Gasteiger partial charge is 0.573 e. The molecule has 0 bridgehead atoms. The SMILES string of the molecule is Cc1nc(CC(=O)c2ccccc2OC(F)(F)F)cs1. The van der Waals surface area contributed by atoms with Gasteiger partial charge >= 0.3 is 6.36 Å². The number of rotatable bonds is 4. The second-order valence-corrected chi connectivity index (χ2v) is 5.06. The minimum absolute atomic E-state index is 0.0530. The summed E-state index contributed by atoms with van der Waals surface area (Å²) in [6.45, 7) is 1.79. The topological polar surface area (TPSA) is 39.2 Å². The van der Waals surface area contributed by atoms with Gasteiger partial charge in [-0.15, -0.1) is 24.5 Å². The zero-order valence-corrected chi connectivity index (χ0v) is 11.2. The Hall–Kier alpha value is -1.89. The second-order valence-electron chi connectivity index (χ2n) is 4.00. The molecule has 0 unspecified atom stereocenters. The normalized spacial score (nSPS) is 11.4. The fourth-order valence-electron chi connectivity index (χ4n) is 1.66. The van der Waals surface area contributed by atoms with Gasteiger partial charge in [0.2, 0.25) is 0 Å². The van der Waals surface area contributed by atoms with E-state index in [1.54, 1.807) is 12.3 Å². The monoisotopic (exact) mass is 301 g/mol. The summed E-state index contributed by atoms with van der Waals surface area (Å²) in [5.41, 5.74) is 0.440.